The van der Waals surface area contributed by atoms with Gasteiger partial charge in [0, 0.05) is 23.9 Å². The number of benzene rings is 2. The molecule has 1 aliphatic rings. The van der Waals surface area contributed by atoms with Crippen LogP contribution in [0.15, 0.2) is 50.6 Å². The molecule has 2 heterocycles. The Morgan fingerprint density at radius 1 is 1.18 bits per heavy atom. The molecule has 2 aromatic carbocycles. The summed E-state index contributed by atoms with van der Waals surface area (Å²) < 4.78 is 31.8. The largest absolute Gasteiger partial charge is 0.465 e. The third kappa shape index (κ3) is 3.03. The van der Waals surface area contributed by atoms with Crippen LogP contribution in [0, 0.1) is 0 Å². The van der Waals surface area contributed by atoms with Crippen LogP contribution in [0.25, 0.3) is 11.0 Å². The van der Waals surface area contributed by atoms with Crippen LogP contribution in [-0.2, 0) is 29.4 Å². The number of hydrogen-bond donors (Lipinski definition) is 2. The second-order valence-corrected chi connectivity index (χ2v) is 8.90. The molecule has 1 aromatic heterocycles. The van der Waals surface area contributed by atoms with Gasteiger partial charge in [0.15, 0.2) is 5.58 Å². The van der Waals surface area contributed by atoms with Crippen molar-refractivity contribution in [2.24, 2.45) is 0 Å². The minimum absolute atomic E-state index is 0.00204. The lowest BCUT2D eigenvalue weighted by Crippen LogP contribution is -2.34. The van der Waals surface area contributed by atoms with E-state index >= 15 is 0 Å². The van der Waals surface area contributed by atoms with Crippen LogP contribution in [0.1, 0.15) is 16.9 Å². The van der Waals surface area contributed by atoms with Crippen molar-refractivity contribution in [3.8, 4) is 0 Å². The van der Waals surface area contributed by atoms with E-state index in [1.54, 1.807) is 0 Å². The average Bonchev–Trinajstić information content (AvgIpc) is 3.06. The first-order valence-corrected chi connectivity index (χ1v) is 10.3. The van der Waals surface area contributed by atoms with Gasteiger partial charge in [-0.05, 0) is 29.8 Å². The number of amides is 1. The van der Waals surface area contributed by atoms with Crippen molar-refractivity contribution in [1.29, 1.82) is 0 Å². The highest BCUT2D eigenvalue weighted by molar-refractivity contribution is 7.91. The molecule has 4 rings (SSSR count). The van der Waals surface area contributed by atoms with Gasteiger partial charge in [0.25, 0.3) is 0 Å². The Kier molecular flexibility index (Phi) is 4.57. The van der Waals surface area contributed by atoms with Crippen LogP contribution in [0.4, 0.5) is 4.79 Å². The summed E-state index contributed by atoms with van der Waals surface area (Å²) in [5.74, 6) is 0.622. The first-order chi connectivity index (χ1) is 13.3. The Bertz CT molecular complexity index is 1180. The molecular weight excluding hydrogens is 406 g/mol. The van der Waals surface area contributed by atoms with E-state index in [4.69, 9.17) is 21.1 Å². The van der Waals surface area contributed by atoms with Crippen molar-refractivity contribution in [1.82, 2.24) is 4.90 Å². The lowest BCUT2D eigenvalue weighted by atomic mass is 10.1. The predicted octanol–water partition coefficient (Wildman–Crippen LogP) is 3.45. The standard InChI is InChI=1S/C19H16ClNO6S/c20-16-8-13(28(25,26)12-3-1-11(10-22)2-4-12)7-14-15-9-21(19(23)24)6-5-17(15)27-18(14)16/h1-4,7-8,22H,5-6,9-10H2,(H,23,24). The molecule has 2 N–H and O–H groups in total. The highest BCUT2D eigenvalue weighted by atomic mass is 35.5. The second-order valence-electron chi connectivity index (χ2n) is 6.55. The summed E-state index contributed by atoms with van der Waals surface area (Å²) in [6.07, 6.45) is -0.643. The summed E-state index contributed by atoms with van der Waals surface area (Å²) in [6.45, 7) is 0.240. The normalized spacial score (nSPS) is 14.3. The third-order valence-electron chi connectivity index (χ3n) is 4.86. The molecule has 9 heteroatoms. The Morgan fingerprint density at radius 3 is 2.54 bits per heavy atom. The topological polar surface area (TPSA) is 108 Å². The molecule has 0 unspecified atom stereocenters. The summed E-state index contributed by atoms with van der Waals surface area (Å²) in [5, 5.41) is 19.0. The van der Waals surface area contributed by atoms with E-state index in [9.17, 15) is 18.3 Å². The van der Waals surface area contributed by atoms with Gasteiger partial charge in [-0.1, -0.05) is 23.7 Å². The number of halogens is 1. The van der Waals surface area contributed by atoms with Gasteiger partial charge >= 0.3 is 6.09 Å². The number of aliphatic hydroxyl groups excluding tert-OH is 1. The van der Waals surface area contributed by atoms with Gasteiger partial charge in [-0.15, -0.1) is 0 Å². The summed E-state index contributed by atoms with van der Waals surface area (Å²) in [7, 11) is -3.85. The molecule has 146 valence electrons. The summed E-state index contributed by atoms with van der Waals surface area (Å²) in [4.78, 5) is 12.6. The zero-order valence-corrected chi connectivity index (χ0v) is 16.1. The van der Waals surface area contributed by atoms with Crippen molar-refractivity contribution in [3.63, 3.8) is 0 Å². The highest BCUT2D eigenvalue weighted by Gasteiger charge is 2.28. The van der Waals surface area contributed by atoms with Gasteiger partial charge < -0.3 is 19.5 Å². The van der Waals surface area contributed by atoms with Gasteiger partial charge in [0.2, 0.25) is 9.84 Å². The first-order valence-electron chi connectivity index (χ1n) is 8.48. The average molecular weight is 422 g/mol. The van der Waals surface area contributed by atoms with E-state index in [1.807, 2.05) is 0 Å². The fourth-order valence-electron chi connectivity index (χ4n) is 3.34. The Balaban J connectivity index is 1.84. The summed E-state index contributed by atoms with van der Waals surface area (Å²) in [5.41, 5.74) is 1.59. The first kappa shape index (κ1) is 18.8. The molecule has 0 atom stereocenters. The molecule has 7 nitrogen and oxygen atoms in total. The van der Waals surface area contributed by atoms with Crippen LogP contribution in [0.3, 0.4) is 0 Å². The Hall–Kier alpha value is -2.55. The Morgan fingerprint density at radius 2 is 1.89 bits per heavy atom. The van der Waals surface area contributed by atoms with Gasteiger partial charge in [0.1, 0.15) is 5.76 Å². The maximum Gasteiger partial charge on any atom is 0.407 e. The quantitative estimate of drug-likeness (QED) is 0.670. The van der Waals surface area contributed by atoms with E-state index in [2.05, 4.69) is 0 Å². The molecule has 0 bridgehead atoms. The summed E-state index contributed by atoms with van der Waals surface area (Å²) in [6, 6.07) is 8.74. The monoisotopic (exact) mass is 421 g/mol. The van der Waals surface area contributed by atoms with Crippen molar-refractivity contribution in [3.05, 3.63) is 58.3 Å². The number of carbonyl (C=O) groups is 1. The molecule has 0 spiro atoms. The molecule has 0 radical (unpaired) electrons. The molecule has 1 aliphatic heterocycles. The van der Waals surface area contributed by atoms with Gasteiger partial charge in [-0.3, -0.25) is 0 Å². The molecular formula is C19H16ClNO6S. The Labute approximate surface area is 165 Å². The lowest BCUT2D eigenvalue weighted by Gasteiger charge is -2.23. The predicted molar refractivity (Wildman–Crippen MR) is 101 cm³/mol. The van der Waals surface area contributed by atoms with Gasteiger partial charge in [0.05, 0.1) is 28.0 Å². The molecule has 0 saturated carbocycles. The van der Waals surface area contributed by atoms with Crippen LogP contribution >= 0.6 is 11.6 Å². The second kappa shape index (κ2) is 6.80. The molecule has 28 heavy (non-hydrogen) atoms. The van der Waals surface area contributed by atoms with Crippen LogP contribution < -0.4 is 0 Å². The van der Waals surface area contributed by atoms with Crippen LogP contribution in [0.5, 0.6) is 0 Å². The SMILES string of the molecule is O=C(O)N1CCc2oc3c(Cl)cc(S(=O)(=O)c4ccc(CO)cc4)cc3c2C1. The number of sulfone groups is 1. The van der Waals surface area contributed by atoms with E-state index in [0.29, 0.717) is 40.8 Å². The van der Waals surface area contributed by atoms with Crippen molar-refractivity contribution in [2.75, 3.05) is 6.54 Å². The molecule has 1 amide bonds. The fourth-order valence-corrected chi connectivity index (χ4v) is 4.98. The smallest absolute Gasteiger partial charge is 0.407 e. The maximum atomic E-state index is 13.0. The number of nitrogens with zero attached hydrogens (tertiary/aromatic N) is 1. The highest BCUT2D eigenvalue weighted by Crippen LogP contribution is 2.37. The number of aliphatic hydroxyl groups is 1. The zero-order chi connectivity index (χ0) is 20.1. The van der Waals surface area contributed by atoms with Crippen molar-refractivity contribution < 1.29 is 27.8 Å². The van der Waals surface area contributed by atoms with E-state index in [1.165, 1.54) is 41.3 Å². The maximum absolute atomic E-state index is 13.0. The summed E-state index contributed by atoms with van der Waals surface area (Å²) >= 11 is 6.30. The lowest BCUT2D eigenvalue weighted by molar-refractivity contribution is 0.138. The molecule has 3 aromatic rings. The minimum Gasteiger partial charge on any atom is -0.465 e. The van der Waals surface area contributed by atoms with Gasteiger partial charge in [-0.2, -0.15) is 0 Å². The molecule has 0 aliphatic carbocycles. The van der Waals surface area contributed by atoms with Crippen LogP contribution in [0.2, 0.25) is 5.02 Å². The van der Waals surface area contributed by atoms with E-state index in [-0.39, 0.29) is 28.0 Å². The third-order valence-corrected chi connectivity index (χ3v) is 6.89. The molecule has 0 saturated heterocycles. The number of furan rings is 1. The number of fused-ring (bicyclic) bond motifs is 3. The zero-order valence-electron chi connectivity index (χ0n) is 14.6. The number of hydrogen-bond acceptors (Lipinski definition) is 5. The van der Waals surface area contributed by atoms with Crippen molar-refractivity contribution in [2.45, 2.75) is 29.4 Å². The minimum atomic E-state index is -3.85. The fraction of sp³-hybridized carbons (Fsp3) is 0.211. The number of rotatable bonds is 3. The molecule has 0 fully saturated rings. The van der Waals surface area contributed by atoms with Crippen LogP contribution in [-0.4, -0.2) is 36.2 Å². The van der Waals surface area contributed by atoms with Crippen molar-refractivity contribution >= 4 is 38.5 Å². The number of carboxylic acid groups (broad SMARTS) is 1. The van der Waals surface area contributed by atoms with E-state index in [0.717, 1.165) is 0 Å². The van der Waals surface area contributed by atoms with E-state index < -0.39 is 15.9 Å². The van der Waals surface area contributed by atoms with Gasteiger partial charge in [-0.25, -0.2) is 13.2 Å².